The maximum absolute atomic E-state index is 3.96. The molecule has 0 bridgehead atoms. The summed E-state index contributed by atoms with van der Waals surface area (Å²) in [6.07, 6.45) is 5.84. The first-order valence-electron chi connectivity index (χ1n) is 6.24. The van der Waals surface area contributed by atoms with E-state index in [1.165, 1.54) is 30.4 Å². The highest BCUT2D eigenvalue weighted by Crippen LogP contribution is 2.19. The first-order chi connectivity index (χ1) is 8.42. The van der Waals surface area contributed by atoms with Crippen molar-refractivity contribution in [3.8, 4) is 11.3 Å². The number of rotatable bonds is 4. The summed E-state index contributed by atoms with van der Waals surface area (Å²) in [5.41, 5.74) is 3.61. The maximum Gasteiger partial charge on any atom is 0.0650 e. The van der Waals surface area contributed by atoms with Crippen molar-refractivity contribution < 1.29 is 0 Å². The molecule has 1 heterocycles. The van der Waals surface area contributed by atoms with Crippen LogP contribution in [0, 0.1) is 0 Å². The lowest BCUT2D eigenvalue weighted by molar-refractivity contribution is 0.338. The van der Waals surface area contributed by atoms with Crippen LogP contribution in [0.5, 0.6) is 0 Å². The van der Waals surface area contributed by atoms with Gasteiger partial charge in [-0.25, -0.2) is 0 Å². The van der Waals surface area contributed by atoms with E-state index in [2.05, 4.69) is 39.8 Å². The van der Waals surface area contributed by atoms with Crippen LogP contribution in [0.1, 0.15) is 24.8 Å². The summed E-state index contributed by atoms with van der Waals surface area (Å²) in [4.78, 5) is 0. The molecule has 1 aromatic heterocycles. The summed E-state index contributed by atoms with van der Waals surface area (Å²) >= 11 is 0. The lowest BCUT2D eigenvalue weighted by Gasteiger charge is -2.26. The van der Waals surface area contributed by atoms with Crippen LogP contribution in [-0.4, -0.2) is 16.2 Å². The standard InChI is InChI=1S/C14H17N3/c1-2-13(3-1)15-10-11-4-6-12(7-5-11)14-8-9-16-17-14/h4-9,13,15H,1-3,10H2,(H,16,17). The van der Waals surface area contributed by atoms with E-state index in [0.717, 1.165) is 18.3 Å². The molecule has 2 aromatic rings. The topological polar surface area (TPSA) is 40.7 Å². The zero-order valence-electron chi connectivity index (χ0n) is 9.82. The highest BCUT2D eigenvalue weighted by molar-refractivity contribution is 5.58. The van der Waals surface area contributed by atoms with Crippen molar-refractivity contribution in [2.75, 3.05) is 0 Å². The summed E-state index contributed by atoms with van der Waals surface area (Å²) in [6.45, 7) is 0.980. The smallest absolute Gasteiger partial charge is 0.0650 e. The molecule has 0 aliphatic heterocycles. The van der Waals surface area contributed by atoms with E-state index < -0.39 is 0 Å². The number of aromatic nitrogens is 2. The number of nitrogens with one attached hydrogen (secondary N) is 2. The van der Waals surface area contributed by atoms with E-state index in [1.54, 1.807) is 6.20 Å². The highest BCUT2D eigenvalue weighted by Gasteiger charge is 2.15. The highest BCUT2D eigenvalue weighted by atomic mass is 15.1. The van der Waals surface area contributed by atoms with Crippen molar-refractivity contribution >= 4 is 0 Å². The molecule has 0 saturated heterocycles. The van der Waals surface area contributed by atoms with Gasteiger partial charge in [0.25, 0.3) is 0 Å². The maximum atomic E-state index is 3.96. The second-order valence-electron chi connectivity index (χ2n) is 4.68. The molecule has 1 aliphatic rings. The van der Waals surface area contributed by atoms with Crippen LogP contribution < -0.4 is 5.32 Å². The van der Waals surface area contributed by atoms with Gasteiger partial charge in [-0.15, -0.1) is 0 Å². The Kier molecular flexibility index (Phi) is 2.92. The minimum Gasteiger partial charge on any atom is -0.310 e. The molecule has 0 amide bonds. The molecule has 0 atom stereocenters. The Bertz CT molecular complexity index is 455. The van der Waals surface area contributed by atoms with Gasteiger partial charge in [-0.1, -0.05) is 30.7 Å². The first-order valence-corrected chi connectivity index (χ1v) is 6.24. The molecule has 3 rings (SSSR count). The molecule has 1 aromatic carbocycles. The first kappa shape index (κ1) is 10.5. The van der Waals surface area contributed by atoms with Gasteiger partial charge in [-0.05, 0) is 30.0 Å². The Morgan fingerprint density at radius 1 is 1.18 bits per heavy atom. The van der Waals surface area contributed by atoms with Gasteiger partial charge in [0, 0.05) is 18.8 Å². The van der Waals surface area contributed by atoms with Crippen LogP contribution in [0.15, 0.2) is 36.5 Å². The van der Waals surface area contributed by atoms with E-state index in [9.17, 15) is 0 Å². The van der Waals surface area contributed by atoms with Crippen molar-refractivity contribution in [3.63, 3.8) is 0 Å². The fourth-order valence-corrected chi connectivity index (χ4v) is 2.09. The zero-order valence-corrected chi connectivity index (χ0v) is 9.82. The Balaban J connectivity index is 1.63. The predicted molar refractivity (Wildman–Crippen MR) is 68.5 cm³/mol. The summed E-state index contributed by atoms with van der Waals surface area (Å²) in [7, 11) is 0. The van der Waals surface area contributed by atoms with Crippen LogP contribution in [-0.2, 0) is 6.54 Å². The fraction of sp³-hybridized carbons (Fsp3) is 0.357. The lowest BCUT2D eigenvalue weighted by Crippen LogP contribution is -2.34. The zero-order chi connectivity index (χ0) is 11.5. The quantitative estimate of drug-likeness (QED) is 0.843. The summed E-state index contributed by atoms with van der Waals surface area (Å²) in [6, 6.07) is 11.4. The fourth-order valence-electron chi connectivity index (χ4n) is 2.09. The van der Waals surface area contributed by atoms with E-state index in [0.29, 0.717) is 0 Å². The average molecular weight is 227 g/mol. The van der Waals surface area contributed by atoms with Crippen LogP contribution in [0.25, 0.3) is 11.3 Å². The third-order valence-corrected chi connectivity index (χ3v) is 3.47. The molecular weight excluding hydrogens is 210 g/mol. The third-order valence-electron chi connectivity index (χ3n) is 3.47. The van der Waals surface area contributed by atoms with Gasteiger partial charge < -0.3 is 5.32 Å². The Morgan fingerprint density at radius 2 is 2.00 bits per heavy atom. The predicted octanol–water partition coefficient (Wildman–Crippen LogP) is 2.72. The normalized spacial score (nSPS) is 15.8. The molecular formula is C14H17N3. The number of aromatic amines is 1. The lowest BCUT2D eigenvalue weighted by atomic mass is 9.93. The van der Waals surface area contributed by atoms with Crippen LogP contribution in [0.4, 0.5) is 0 Å². The van der Waals surface area contributed by atoms with E-state index >= 15 is 0 Å². The molecule has 1 aliphatic carbocycles. The Morgan fingerprint density at radius 3 is 2.59 bits per heavy atom. The summed E-state index contributed by atoms with van der Waals surface area (Å²) in [5, 5.41) is 10.5. The molecule has 1 fully saturated rings. The van der Waals surface area contributed by atoms with Crippen molar-refractivity contribution in [3.05, 3.63) is 42.1 Å². The summed E-state index contributed by atoms with van der Waals surface area (Å²) in [5.74, 6) is 0. The van der Waals surface area contributed by atoms with Gasteiger partial charge in [0.1, 0.15) is 0 Å². The number of hydrogen-bond acceptors (Lipinski definition) is 2. The van der Waals surface area contributed by atoms with Gasteiger partial charge >= 0.3 is 0 Å². The second kappa shape index (κ2) is 4.72. The molecule has 88 valence electrons. The number of benzene rings is 1. The number of H-pyrrole nitrogens is 1. The molecule has 1 saturated carbocycles. The molecule has 3 nitrogen and oxygen atoms in total. The van der Waals surface area contributed by atoms with Crippen molar-refractivity contribution in [2.24, 2.45) is 0 Å². The minimum absolute atomic E-state index is 0.752. The van der Waals surface area contributed by atoms with Gasteiger partial charge in [0.15, 0.2) is 0 Å². The number of hydrogen-bond donors (Lipinski definition) is 2. The largest absolute Gasteiger partial charge is 0.310 e. The van der Waals surface area contributed by atoms with E-state index in [1.807, 2.05) is 6.07 Å². The SMILES string of the molecule is c1cc(-c2ccc(CNC3CCC3)cc2)[nH]n1. The molecule has 3 heteroatoms. The molecule has 17 heavy (non-hydrogen) atoms. The minimum atomic E-state index is 0.752. The van der Waals surface area contributed by atoms with Crippen molar-refractivity contribution in [2.45, 2.75) is 31.8 Å². The summed E-state index contributed by atoms with van der Waals surface area (Å²) < 4.78 is 0. The van der Waals surface area contributed by atoms with Gasteiger partial charge in [0.2, 0.25) is 0 Å². The van der Waals surface area contributed by atoms with E-state index in [-0.39, 0.29) is 0 Å². The van der Waals surface area contributed by atoms with Crippen LogP contribution in [0.2, 0.25) is 0 Å². The molecule has 2 N–H and O–H groups in total. The van der Waals surface area contributed by atoms with Gasteiger partial charge in [-0.3, -0.25) is 5.10 Å². The molecule has 0 unspecified atom stereocenters. The average Bonchev–Trinajstić information content (AvgIpc) is 2.81. The van der Waals surface area contributed by atoms with Gasteiger partial charge in [-0.2, -0.15) is 5.10 Å². The molecule has 0 spiro atoms. The van der Waals surface area contributed by atoms with Crippen LogP contribution in [0.3, 0.4) is 0 Å². The second-order valence-corrected chi connectivity index (χ2v) is 4.68. The van der Waals surface area contributed by atoms with Gasteiger partial charge in [0.05, 0.1) is 5.69 Å². The number of nitrogens with zero attached hydrogens (tertiary/aromatic N) is 1. The Labute approximate surface area is 101 Å². The third kappa shape index (κ3) is 2.39. The van der Waals surface area contributed by atoms with E-state index in [4.69, 9.17) is 0 Å². The van der Waals surface area contributed by atoms with Crippen molar-refractivity contribution in [1.29, 1.82) is 0 Å². The monoisotopic (exact) mass is 227 g/mol. The molecule has 0 radical (unpaired) electrons. The van der Waals surface area contributed by atoms with Crippen molar-refractivity contribution in [1.82, 2.24) is 15.5 Å². The van der Waals surface area contributed by atoms with Crippen LogP contribution >= 0.6 is 0 Å². The Hall–Kier alpha value is -1.61.